The molecule has 0 heterocycles. The van der Waals surface area contributed by atoms with Crippen molar-refractivity contribution in [1.29, 1.82) is 0 Å². The first-order chi connectivity index (χ1) is 8.52. The van der Waals surface area contributed by atoms with Crippen molar-refractivity contribution < 1.29 is 4.79 Å². The summed E-state index contributed by atoms with van der Waals surface area (Å²) in [5.74, 6) is 3.57. The molecule has 2 nitrogen and oxygen atoms in total. The van der Waals surface area contributed by atoms with E-state index >= 15 is 0 Å². The van der Waals surface area contributed by atoms with Crippen molar-refractivity contribution in [2.45, 2.75) is 47.0 Å². The van der Waals surface area contributed by atoms with Crippen molar-refractivity contribution in [2.75, 3.05) is 13.1 Å². The fourth-order valence-corrected chi connectivity index (χ4v) is 3.68. The van der Waals surface area contributed by atoms with Crippen molar-refractivity contribution in [2.24, 2.45) is 23.7 Å². The molecule has 1 fully saturated rings. The Hall–Kier alpha value is -0.790. The van der Waals surface area contributed by atoms with Gasteiger partial charge in [-0.1, -0.05) is 18.6 Å². The topological polar surface area (TPSA) is 20.3 Å². The zero-order valence-corrected chi connectivity index (χ0v) is 12.3. The molecule has 0 spiro atoms. The van der Waals surface area contributed by atoms with Crippen LogP contribution in [0.1, 0.15) is 47.0 Å². The van der Waals surface area contributed by atoms with E-state index in [2.05, 4.69) is 26.8 Å². The first-order valence-electron chi connectivity index (χ1n) is 7.44. The van der Waals surface area contributed by atoms with E-state index in [1.807, 2.05) is 4.90 Å². The fourth-order valence-electron chi connectivity index (χ4n) is 3.68. The quantitative estimate of drug-likeness (QED) is 0.698. The highest BCUT2D eigenvalue weighted by molar-refractivity contribution is 5.73. The third-order valence-corrected chi connectivity index (χ3v) is 4.92. The van der Waals surface area contributed by atoms with Gasteiger partial charge in [0.05, 0.1) is 0 Å². The van der Waals surface area contributed by atoms with Crippen LogP contribution < -0.4 is 0 Å². The third-order valence-electron chi connectivity index (χ3n) is 4.92. The van der Waals surface area contributed by atoms with Crippen LogP contribution in [-0.4, -0.2) is 23.9 Å². The Morgan fingerprint density at radius 2 is 2.17 bits per heavy atom. The molecule has 2 aliphatic rings. The molecule has 2 aliphatic carbocycles. The molecule has 1 saturated carbocycles. The van der Waals surface area contributed by atoms with Crippen LogP contribution in [0.25, 0.3) is 0 Å². The van der Waals surface area contributed by atoms with Crippen LogP contribution in [0.4, 0.5) is 0 Å². The zero-order valence-electron chi connectivity index (χ0n) is 12.3. The Morgan fingerprint density at radius 1 is 1.44 bits per heavy atom. The average Bonchev–Trinajstić information content (AvgIpc) is 3.04. The van der Waals surface area contributed by atoms with Gasteiger partial charge in [0.1, 0.15) is 0 Å². The minimum absolute atomic E-state index is 0.232. The second kappa shape index (κ2) is 5.46. The van der Waals surface area contributed by atoms with Crippen LogP contribution in [0.5, 0.6) is 0 Å². The molecule has 0 aromatic carbocycles. The Morgan fingerprint density at radius 3 is 2.72 bits per heavy atom. The van der Waals surface area contributed by atoms with Crippen molar-refractivity contribution in [3.8, 4) is 0 Å². The largest absolute Gasteiger partial charge is 0.343 e. The fraction of sp³-hybridized carbons (Fsp3) is 0.812. The molecule has 0 saturated heterocycles. The Bertz CT molecular complexity index is 347. The summed E-state index contributed by atoms with van der Waals surface area (Å²) in [5.41, 5.74) is 1.56. The van der Waals surface area contributed by atoms with Crippen LogP contribution in [-0.2, 0) is 4.79 Å². The molecule has 2 rings (SSSR count). The first kappa shape index (κ1) is 13.6. The highest BCUT2D eigenvalue weighted by atomic mass is 16.2. The van der Waals surface area contributed by atoms with Gasteiger partial charge in [0.25, 0.3) is 0 Å². The van der Waals surface area contributed by atoms with E-state index in [-0.39, 0.29) is 5.91 Å². The normalized spacial score (nSPS) is 35.0. The molecule has 18 heavy (non-hydrogen) atoms. The molecular weight excluding hydrogens is 222 g/mol. The summed E-state index contributed by atoms with van der Waals surface area (Å²) in [6.07, 6.45) is 6.31. The molecule has 102 valence electrons. The molecule has 0 aliphatic heterocycles. The van der Waals surface area contributed by atoms with Gasteiger partial charge in [-0.05, 0) is 56.8 Å². The summed E-state index contributed by atoms with van der Waals surface area (Å²) in [6, 6.07) is 0. The number of carbonyl (C=O) groups is 1. The van der Waals surface area contributed by atoms with E-state index in [0.717, 1.165) is 36.8 Å². The number of rotatable bonds is 4. The summed E-state index contributed by atoms with van der Waals surface area (Å²) in [6.45, 7) is 10.3. The Labute approximate surface area is 111 Å². The van der Waals surface area contributed by atoms with Gasteiger partial charge in [0.15, 0.2) is 0 Å². The van der Waals surface area contributed by atoms with Gasteiger partial charge < -0.3 is 4.90 Å². The minimum Gasteiger partial charge on any atom is -0.343 e. The molecule has 4 unspecified atom stereocenters. The van der Waals surface area contributed by atoms with E-state index < -0.39 is 0 Å². The van der Waals surface area contributed by atoms with Crippen molar-refractivity contribution >= 4 is 5.91 Å². The first-order valence-corrected chi connectivity index (χ1v) is 7.44. The van der Waals surface area contributed by atoms with Crippen LogP contribution in [0.15, 0.2) is 11.6 Å². The molecular formula is C16H27NO. The number of amides is 1. The Balaban J connectivity index is 1.86. The van der Waals surface area contributed by atoms with E-state index in [1.54, 1.807) is 12.5 Å². The predicted molar refractivity (Wildman–Crippen MR) is 75.2 cm³/mol. The van der Waals surface area contributed by atoms with Gasteiger partial charge in [-0.15, -0.1) is 0 Å². The molecule has 0 bridgehead atoms. The van der Waals surface area contributed by atoms with E-state index in [4.69, 9.17) is 0 Å². The highest BCUT2D eigenvalue weighted by Crippen LogP contribution is 2.51. The number of hydrogen-bond acceptors (Lipinski definition) is 1. The van der Waals surface area contributed by atoms with Crippen molar-refractivity contribution in [3.05, 3.63) is 11.6 Å². The lowest BCUT2D eigenvalue weighted by Crippen LogP contribution is -2.31. The predicted octanol–water partition coefficient (Wildman–Crippen LogP) is 3.48. The van der Waals surface area contributed by atoms with Crippen LogP contribution >= 0.6 is 0 Å². The summed E-state index contributed by atoms with van der Waals surface area (Å²) >= 11 is 0. The summed E-state index contributed by atoms with van der Waals surface area (Å²) in [5, 5.41) is 0. The Kier molecular flexibility index (Phi) is 4.14. The molecule has 0 aromatic heterocycles. The third kappa shape index (κ3) is 2.96. The summed E-state index contributed by atoms with van der Waals surface area (Å²) in [4.78, 5) is 13.4. The molecule has 0 radical (unpaired) electrons. The SMILES string of the molecule is CCN(CC1CC1C1CC=C(C)CC1C)C(C)=O. The maximum Gasteiger partial charge on any atom is 0.219 e. The maximum absolute atomic E-state index is 11.4. The van der Waals surface area contributed by atoms with Gasteiger partial charge in [-0.3, -0.25) is 4.79 Å². The highest BCUT2D eigenvalue weighted by Gasteiger charge is 2.45. The van der Waals surface area contributed by atoms with Gasteiger partial charge >= 0.3 is 0 Å². The minimum atomic E-state index is 0.232. The standard InChI is InChI=1S/C16H27NO/c1-5-17(13(4)18)10-14-9-16(14)15-7-6-11(2)8-12(15)3/h6,12,14-16H,5,7-10H2,1-4H3. The second-order valence-electron chi connectivity index (χ2n) is 6.35. The molecule has 0 aromatic rings. The molecule has 1 amide bonds. The monoisotopic (exact) mass is 249 g/mol. The smallest absolute Gasteiger partial charge is 0.219 e. The number of hydrogen-bond donors (Lipinski definition) is 0. The second-order valence-corrected chi connectivity index (χ2v) is 6.35. The van der Waals surface area contributed by atoms with E-state index in [0.29, 0.717) is 0 Å². The van der Waals surface area contributed by atoms with E-state index in [9.17, 15) is 4.79 Å². The van der Waals surface area contributed by atoms with Gasteiger partial charge in [-0.25, -0.2) is 0 Å². The van der Waals surface area contributed by atoms with Crippen LogP contribution in [0.2, 0.25) is 0 Å². The number of nitrogens with zero attached hydrogens (tertiary/aromatic N) is 1. The number of carbonyl (C=O) groups excluding carboxylic acids is 1. The number of allylic oxidation sites excluding steroid dienone is 2. The lowest BCUT2D eigenvalue weighted by atomic mass is 9.78. The van der Waals surface area contributed by atoms with Crippen LogP contribution in [0.3, 0.4) is 0 Å². The van der Waals surface area contributed by atoms with Crippen molar-refractivity contribution in [1.82, 2.24) is 4.90 Å². The average molecular weight is 249 g/mol. The summed E-state index contributed by atoms with van der Waals surface area (Å²) < 4.78 is 0. The maximum atomic E-state index is 11.4. The lowest BCUT2D eigenvalue weighted by molar-refractivity contribution is -0.128. The summed E-state index contributed by atoms with van der Waals surface area (Å²) in [7, 11) is 0. The van der Waals surface area contributed by atoms with Crippen LogP contribution in [0, 0.1) is 23.7 Å². The zero-order chi connectivity index (χ0) is 13.3. The molecule has 4 atom stereocenters. The van der Waals surface area contributed by atoms with Crippen molar-refractivity contribution in [3.63, 3.8) is 0 Å². The lowest BCUT2D eigenvalue weighted by Gasteiger charge is -2.28. The van der Waals surface area contributed by atoms with E-state index in [1.165, 1.54) is 19.3 Å². The van der Waals surface area contributed by atoms with Gasteiger partial charge in [0.2, 0.25) is 5.91 Å². The molecule has 0 N–H and O–H groups in total. The van der Waals surface area contributed by atoms with Gasteiger partial charge in [0, 0.05) is 20.0 Å². The molecule has 2 heteroatoms. The van der Waals surface area contributed by atoms with Gasteiger partial charge in [-0.2, -0.15) is 0 Å².